The van der Waals surface area contributed by atoms with Gasteiger partial charge in [0.05, 0.1) is 11.4 Å². The van der Waals surface area contributed by atoms with E-state index in [9.17, 15) is 22.8 Å². The van der Waals surface area contributed by atoms with E-state index in [1.165, 1.54) is 6.07 Å². The molecule has 1 aromatic carbocycles. The highest BCUT2D eigenvalue weighted by molar-refractivity contribution is 6.06. The molecule has 134 valence electrons. The first-order valence-corrected chi connectivity index (χ1v) is 7.44. The van der Waals surface area contributed by atoms with Gasteiger partial charge in [-0.15, -0.1) is 0 Å². The zero-order valence-electron chi connectivity index (χ0n) is 13.8. The zero-order chi connectivity index (χ0) is 18.8. The largest absolute Gasteiger partial charge is 0.432 e. The Morgan fingerprint density at radius 1 is 1.20 bits per heavy atom. The standard InChI is InChI=1S/C16H17F3N4O2/c1-8(2)14(24)21-13-9(3)5-4-6-10(13)20-15(25)11-7-12(23-22-11)16(17,18)19/h4-8H,1-3H3,(H,20,25)(H,21,24)(H,22,23). The number of para-hydroxylation sites is 1. The van der Waals surface area contributed by atoms with Gasteiger partial charge in [0.15, 0.2) is 5.69 Å². The number of alkyl halides is 3. The number of aromatic nitrogens is 2. The number of carbonyl (C=O) groups is 2. The van der Waals surface area contributed by atoms with Crippen molar-refractivity contribution in [2.24, 2.45) is 5.92 Å². The van der Waals surface area contributed by atoms with Gasteiger partial charge < -0.3 is 10.6 Å². The maximum Gasteiger partial charge on any atom is 0.432 e. The van der Waals surface area contributed by atoms with E-state index in [2.05, 4.69) is 15.7 Å². The van der Waals surface area contributed by atoms with Crippen LogP contribution in [0.5, 0.6) is 0 Å². The second kappa shape index (κ2) is 6.96. The van der Waals surface area contributed by atoms with E-state index in [0.29, 0.717) is 17.3 Å². The van der Waals surface area contributed by atoms with Crippen molar-refractivity contribution < 1.29 is 22.8 Å². The molecule has 1 aromatic heterocycles. The molecular weight excluding hydrogens is 337 g/mol. The number of aromatic amines is 1. The number of aryl methyl sites for hydroxylation is 1. The van der Waals surface area contributed by atoms with Gasteiger partial charge in [0.25, 0.3) is 5.91 Å². The van der Waals surface area contributed by atoms with Crippen LogP contribution in [0.2, 0.25) is 0 Å². The minimum absolute atomic E-state index is 0.246. The molecule has 0 saturated heterocycles. The number of nitrogens with zero attached hydrogens (tertiary/aromatic N) is 1. The highest BCUT2D eigenvalue weighted by Gasteiger charge is 2.33. The monoisotopic (exact) mass is 354 g/mol. The molecule has 3 N–H and O–H groups in total. The predicted molar refractivity (Wildman–Crippen MR) is 86.2 cm³/mol. The van der Waals surface area contributed by atoms with E-state index >= 15 is 0 Å². The van der Waals surface area contributed by atoms with Crippen LogP contribution in [0.15, 0.2) is 24.3 Å². The number of amides is 2. The van der Waals surface area contributed by atoms with E-state index in [1.807, 2.05) is 0 Å². The molecule has 0 aliphatic carbocycles. The number of halogens is 3. The summed E-state index contributed by atoms with van der Waals surface area (Å²) < 4.78 is 37.7. The third kappa shape index (κ3) is 4.37. The number of anilines is 2. The fourth-order valence-corrected chi connectivity index (χ4v) is 1.97. The lowest BCUT2D eigenvalue weighted by Crippen LogP contribution is -2.21. The third-order valence-electron chi connectivity index (χ3n) is 3.41. The molecule has 25 heavy (non-hydrogen) atoms. The van der Waals surface area contributed by atoms with Crippen LogP contribution < -0.4 is 10.6 Å². The Morgan fingerprint density at radius 3 is 2.44 bits per heavy atom. The summed E-state index contributed by atoms with van der Waals surface area (Å²) >= 11 is 0. The number of hydrogen-bond acceptors (Lipinski definition) is 3. The highest BCUT2D eigenvalue weighted by atomic mass is 19.4. The lowest BCUT2D eigenvalue weighted by atomic mass is 10.1. The van der Waals surface area contributed by atoms with Crippen LogP contribution in [-0.4, -0.2) is 22.0 Å². The van der Waals surface area contributed by atoms with Gasteiger partial charge in [-0.2, -0.15) is 18.3 Å². The Labute approximate surface area is 141 Å². The summed E-state index contributed by atoms with van der Waals surface area (Å²) in [6.45, 7) is 5.17. The van der Waals surface area contributed by atoms with Crippen molar-refractivity contribution in [3.63, 3.8) is 0 Å². The first-order chi connectivity index (χ1) is 11.6. The van der Waals surface area contributed by atoms with E-state index in [4.69, 9.17) is 0 Å². The zero-order valence-corrected chi connectivity index (χ0v) is 13.8. The molecule has 9 heteroatoms. The first kappa shape index (κ1) is 18.5. The summed E-state index contributed by atoms with van der Waals surface area (Å²) in [5.41, 5.74) is -0.160. The summed E-state index contributed by atoms with van der Waals surface area (Å²) in [5.74, 6) is -1.34. The van der Waals surface area contributed by atoms with Crippen LogP contribution in [0.4, 0.5) is 24.5 Å². The van der Waals surface area contributed by atoms with Gasteiger partial charge in [0.1, 0.15) is 5.69 Å². The van der Waals surface area contributed by atoms with Crippen molar-refractivity contribution in [2.45, 2.75) is 26.9 Å². The maximum atomic E-state index is 12.6. The summed E-state index contributed by atoms with van der Waals surface area (Å²) in [6, 6.07) is 5.55. The molecule has 0 spiro atoms. The number of H-pyrrole nitrogens is 1. The third-order valence-corrected chi connectivity index (χ3v) is 3.41. The number of nitrogens with one attached hydrogen (secondary N) is 3. The van der Waals surface area contributed by atoms with Crippen LogP contribution in [0, 0.1) is 12.8 Å². The molecule has 6 nitrogen and oxygen atoms in total. The summed E-state index contributed by atoms with van der Waals surface area (Å²) in [4.78, 5) is 24.1. The molecule has 0 unspecified atom stereocenters. The number of hydrogen-bond donors (Lipinski definition) is 3. The molecule has 0 atom stereocenters. The first-order valence-electron chi connectivity index (χ1n) is 7.44. The Kier molecular flexibility index (Phi) is 5.15. The number of rotatable bonds is 4. The Bertz CT molecular complexity index is 797. The normalized spacial score (nSPS) is 11.5. The molecule has 2 aromatic rings. The average Bonchev–Trinajstić information content (AvgIpc) is 3.00. The summed E-state index contributed by atoms with van der Waals surface area (Å²) in [6.07, 6.45) is -4.62. The Morgan fingerprint density at radius 2 is 1.88 bits per heavy atom. The van der Waals surface area contributed by atoms with Crippen molar-refractivity contribution in [3.8, 4) is 0 Å². The average molecular weight is 354 g/mol. The highest BCUT2D eigenvalue weighted by Crippen LogP contribution is 2.29. The van der Waals surface area contributed by atoms with Gasteiger partial charge in [-0.25, -0.2) is 0 Å². The van der Waals surface area contributed by atoms with E-state index in [1.54, 1.807) is 38.0 Å². The molecule has 0 bridgehead atoms. The van der Waals surface area contributed by atoms with Gasteiger partial charge in [0.2, 0.25) is 5.91 Å². The topological polar surface area (TPSA) is 86.9 Å². The fourth-order valence-electron chi connectivity index (χ4n) is 1.97. The molecule has 0 fully saturated rings. The molecule has 0 aliphatic heterocycles. The number of benzene rings is 1. The van der Waals surface area contributed by atoms with Crippen LogP contribution >= 0.6 is 0 Å². The maximum absolute atomic E-state index is 12.6. The van der Waals surface area contributed by atoms with Crippen molar-refractivity contribution in [1.29, 1.82) is 0 Å². The van der Waals surface area contributed by atoms with Crippen LogP contribution in [0.3, 0.4) is 0 Å². The molecule has 2 rings (SSSR count). The SMILES string of the molecule is Cc1cccc(NC(=O)c2cc(C(F)(F)F)[nH]n2)c1NC(=O)C(C)C. The second-order valence-corrected chi connectivity index (χ2v) is 5.76. The van der Waals surface area contributed by atoms with Gasteiger partial charge in [0, 0.05) is 12.0 Å². The van der Waals surface area contributed by atoms with Crippen molar-refractivity contribution >= 4 is 23.2 Å². The van der Waals surface area contributed by atoms with Gasteiger partial charge in [-0.1, -0.05) is 26.0 Å². The second-order valence-electron chi connectivity index (χ2n) is 5.76. The Balaban J connectivity index is 2.25. The quantitative estimate of drug-likeness (QED) is 0.784. The van der Waals surface area contributed by atoms with Crippen molar-refractivity contribution in [3.05, 3.63) is 41.2 Å². The number of carbonyl (C=O) groups excluding carboxylic acids is 2. The van der Waals surface area contributed by atoms with E-state index < -0.39 is 23.5 Å². The minimum atomic E-state index is -4.62. The molecule has 0 aliphatic rings. The van der Waals surface area contributed by atoms with Crippen LogP contribution in [-0.2, 0) is 11.0 Å². The Hall–Kier alpha value is -2.84. The molecule has 1 heterocycles. The van der Waals surface area contributed by atoms with Crippen LogP contribution in [0.25, 0.3) is 0 Å². The van der Waals surface area contributed by atoms with Crippen molar-refractivity contribution in [1.82, 2.24) is 10.2 Å². The minimum Gasteiger partial charge on any atom is -0.324 e. The van der Waals surface area contributed by atoms with Gasteiger partial charge in [-0.3, -0.25) is 14.7 Å². The smallest absolute Gasteiger partial charge is 0.324 e. The van der Waals surface area contributed by atoms with E-state index in [0.717, 1.165) is 0 Å². The van der Waals surface area contributed by atoms with Gasteiger partial charge >= 0.3 is 6.18 Å². The van der Waals surface area contributed by atoms with Gasteiger partial charge in [-0.05, 0) is 18.6 Å². The predicted octanol–water partition coefficient (Wildman–Crippen LogP) is 3.58. The lowest BCUT2D eigenvalue weighted by molar-refractivity contribution is -0.141. The molecule has 0 radical (unpaired) electrons. The lowest BCUT2D eigenvalue weighted by Gasteiger charge is -2.15. The molecular formula is C16H17F3N4O2. The molecule has 0 saturated carbocycles. The van der Waals surface area contributed by atoms with Crippen molar-refractivity contribution in [2.75, 3.05) is 10.6 Å². The summed E-state index contributed by atoms with van der Waals surface area (Å²) in [7, 11) is 0. The van der Waals surface area contributed by atoms with E-state index in [-0.39, 0.29) is 17.5 Å². The van der Waals surface area contributed by atoms with Crippen LogP contribution in [0.1, 0.15) is 35.6 Å². The fraction of sp³-hybridized carbons (Fsp3) is 0.312. The summed E-state index contributed by atoms with van der Waals surface area (Å²) in [5, 5.41) is 10.3. The molecule has 2 amide bonds.